The fourth-order valence-electron chi connectivity index (χ4n) is 3.42. The van der Waals surface area contributed by atoms with Gasteiger partial charge in [-0.1, -0.05) is 11.6 Å². The molecule has 0 bridgehead atoms. The van der Waals surface area contributed by atoms with Gasteiger partial charge < -0.3 is 14.6 Å². The number of amides is 1. The first-order chi connectivity index (χ1) is 13.0. The molecule has 0 spiro atoms. The van der Waals surface area contributed by atoms with Gasteiger partial charge in [-0.05, 0) is 44.4 Å². The summed E-state index contributed by atoms with van der Waals surface area (Å²) in [6, 6.07) is 4.04. The maximum absolute atomic E-state index is 13.4. The molecule has 0 unspecified atom stereocenters. The van der Waals surface area contributed by atoms with Gasteiger partial charge in [0, 0.05) is 18.8 Å². The first kappa shape index (κ1) is 17.7. The molecule has 140 valence electrons. The van der Waals surface area contributed by atoms with Crippen LogP contribution in [0.25, 0.3) is 11.1 Å². The van der Waals surface area contributed by atoms with E-state index in [4.69, 9.17) is 16.0 Å². The lowest BCUT2D eigenvalue weighted by Gasteiger charge is -2.28. The van der Waals surface area contributed by atoms with E-state index in [9.17, 15) is 9.18 Å². The maximum Gasteiger partial charge on any atom is 0.260 e. The van der Waals surface area contributed by atoms with Gasteiger partial charge in [0.15, 0.2) is 0 Å². The van der Waals surface area contributed by atoms with E-state index in [-0.39, 0.29) is 10.9 Å². The number of nitrogens with zero attached hydrogens (tertiary/aromatic N) is 3. The average Bonchev–Trinajstić information content (AvgIpc) is 3.01. The van der Waals surface area contributed by atoms with E-state index in [1.807, 2.05) is 0 Å². The highest BCUT2D eigenvalue weighted by molar-refractivity contribution is 6.31. The number of aromatic nitrogens is 2. The summed E-state index contributed by atoms with van der Waals surface area (Å²) in [6.07, 6.45) is 4.81. The van der Waals surface area contributed by atoms with Crippen LogP contribution in [0.5, 0.6) is 0 Å². The monoisotopic (exact) mass is 388 g/mol. The molecule has 1 aliphatic rings. The third kappa shape index (κ3) is 3.35. The standard InChI is InChI=1S/C19H18ClFN4O2/c1-11-15(18(26)24-12-5-6-14(21)13(20)9-12)16-17(22-10-23-19(16)27-11)25-7-3-2-4-8-25/h5-6,9-10H,2-4,7-8H2,1H3,(H,24,26). The van der Waals surface area contributed by atoms with Crippen molar-refractivity contribution in [2.45, 2.75) is 26.2 Å². The lowest BCUT2D eigenvalue weighted by molar-refractivity contribution is 0.102. The Morgan fingerprint density at radius 2 is 2.04 bits per heavy atom. The summed E-state index contributed by atoms with van der Waals surface area (Å²) in [4.78, 5) is 23.7. The third-order valence-electron chi connectivity index (χ3n) is 4.70. The highest BCUT2D eigenvalue weighted by Gasteiger charge is 2.26. The van der Waals surface area contributed by atoms with Gasteiger partial charge >= 0.3 is 0 Å². The number of furan rings is 1. The van der Waals surface area contributed by atoms with E-state index in [1.165, 1.54) is 30.9 Å². The van der Waals surface area contributed by atoms with E-state index in [0.717, 1.165) is 25.9 Å². The van der Waals surface area contributed by atoms with Crippen molar-refractivity contribution in [3.05, 3.63) is 46.7 Å². The molecule has 1 amide bonds. The van der Waals surface area contributed by atoms with Crippen LogP contribution in [-0.4, -0.2) is 29.0 Å². The Labute approximate surface area is 160 Å². The molecular formula is C19H18ClFN4O2. The van der Waals surface area contributed by atoms with Gasteiger partial charge in [-0.3, -0.25) is 4.79 Å². The molecule has 1 saturated heterocycles. The number of fused-ring (bicyclic) bond motifs is 1. The second-order valence-electron chi connectivity index (χ2n) is 6.54. The Hall–Kier alpha value is -2.67. The Morgan fingerprint density at radius 3 is 2.78 bits per heavy atom. The van der Waals surface area contributed by atoms with Crippen molar-refractivity contribution < 1.29 is 13.6 Å². The number of rotatable bonds is 3. The first-order valence-electron chi connectivity index (χ1n) is 8.80. The van der Waals surface area contributed by atoms with Crippen LogP contribution < -0.4 is 10.2 Å². The number of aryl methyl sites for hydroxylation is 1. The van der Waals surface area contributed by atoms with E-state index in [1.54, 1.807) is 6.92 Å². The normalized spacial score (nSPS) is 14.6. The quantitative estimate of drug-likeness (QED) is 0.711. The molecule has 0 radical (unpaired) electrons. The zero-order valence-electron chi connectivity index (χ0n) is 14.8. The van der Waals surface area contributed by atoms with Crippen LogP contribution in [0.1, 0.15) is 35.4 Å². The second-order valence-corrected chi connectivity index (χ2v) is 6.95. The Balaban J connectivity index is 1.74. The number of benzene rings is 1. The lowest BCUT2D eigenvalue weighted by atomic mass is 10.1. The molecule has 0 saturated carbocycles. The molecule has 1 aromatic carbocycles. The Morgan fingerprint density at radius 1 is 1.26 bits per heavy atom. The van der Waals surface area contributed by atoms with E-state index >= 15 is 0 Å². The highest BCUT2D eigenvalue weighted by atomic mass is 35.5. The predicted octanol–water partition coefficient (Wildman–Crippen LogP) is 4.57. The van der Waals surface area contributed by atoms with Gasteiger partial charge in [0.25, 0.3) is 5.91 Å². The molecule has 3 aromatic rings. The molecule has 2 aromatic heterocycles. The summed E-state index contributed by atoms with van der Waals surface area (Å²) in [7, 11) is 0. The molecule has 27 heavy (non-hydrogen) atoms. The smallest absolute Gasteiger partial charge is 0.260 e. The second kappa shape index (κ2) is 7.15. The number of carbonyl (C=O) groups excluding carboxylic acids is 1. The van der Waals surface area contributed by atoms with Crippen LogP contribution in [0.3, 0.4) is 0 Å². The average molecular weight is 389 g/mol. The number of piperidine rings is 1. The topological polar surface area (TPSA) is 71.3 Å². The first-order valence-corrected chi connectivity index (χ1v) is 9.18. The molecule has 8 heteroatoms. The van der Waals surface area contributed by atoms with Gasteiger partial charge in [-0.2, -0.15) is 0 Å². The van der Waals surface area contributed by atoms with Gasteiger partial charge in [0.05, 0.1) is 16.0 Å². The van der Waals surface area contributed by atoms with Gasteiger partial charge in [0.1, 0.15) is 23.7 Å². The van der Waals surface area contributed by atoms with Crippen molar-refractivity contribution >= 4 is 40.1 Å². The predicted molar refractivity (Wildman–Crippen MR) is 102 cm³/mol. The van der Waals surface area contributed by atoms with Crippen LogP contribution in [-0.2, 0) is 0 Å². The van der Waals surface area contributed by atoms with E-state index in [0.29, 0.717) is 33.9 Å². The third-order valence-corrected chi connectivity index (χ3v) is 4.99. The SMILES string of the molecule is Cc1oc2ncnc(N3CCCCC3)c2c1C(=O)Nc1ccc(F)c(Cl)c1. The number of nitrogens with one attached hydrogen (secondary N) is 1. The molecule has 1 N–H and O–H groups in total. The summed E-state index contributed by atoms with van der Waals surface area (Å²) in [5, 5.41) is 3.29. The fraction of sp³-hybridized carbons (Fsp3) is 0.316. The van der Waals surface area contributed by atoms with Crippen LogP contribution in [0.4, 0.5) is 15.9 Å². The number of hydrogen-bond donors (Lipinski definition) is 1. The number of anilines is 2. The summed E-state index contributed by atoms with van der Waals surface area (Å²) >= 11 is 5.80. The largest absolute Gasteiger partial charge is 0.442 e. The van der Waals surface area contributed by atoms with Crippen molar-refractivity contribution in [2.75, 3.05) is 23.3 Å². The van der Waals surface area contributed by atoms with Gasteiger partial charge in [0.2, 0.25) is 5.71 Å². The highest BCUT2D eigenvalue weighted by Crippen LogP contribution is 2.33. The van der Waals surface area contributed by atoms with Crippen LogP contribution >= 0.6 is 11.6 Å². The summed E-state index contributed by atoms with van der Waals surface area (Å²) in [6.45, 7) is 3.48. The molecule has 0 atom stereocenters. The minimum absolute atomic E-state index is 0.0566. The van der Waals surface area contributed by atoms with Crippen molar-refractivity contribution in [1.82, 2.24) is 9.97 Å². The maximum atomic E-state index is 13.4. The van der Waals surface area contributed by atoms with Crippen LogP contribution in [0, 0.1) is 12.7 Å². The Kier molecular flexibility index (Phi) is 4.70. The van der Waals surface area contributed by atoms with Crippen molar-refractivity contribution in [3.63, 3.8) is 0 Å². The molecule has 6 nitrogen and oxygen atoms in total. The summed E-state index contributed by atoms with van der Waals surface area (Å²) < 4.78 is 19.1. The Bertz CT molecular complexity index is 1010. The van der Waals surface area contributed by atoms with Gasteiger partial charge in [-0.15, -0.1) is 0 Å². The van der Waals surface area contributed by atoms with Crippen LogP contribution in [0.2, 0.25) is 5.02 Å². The van der Waals surface area contributed by atoms with Crippen LogP contribution in [0.15, 0.2) is 28.9 Å². The fourth-order valence-corrected chi connectivity index (χ4v) is 3.60. The van der Waals surface area contributed by atoms with Gasteiger partial charge in [-0.25, -0.2) is 14.4 Å². The summed E-state index contributed by atoms with van der Waals surface area (Å²) in [5.41, 5.74) is 1.16. The molecule has 1 aliphatic heterocycles. The van der Waals surface area contributed by atoms with E-state index < -0.39 is 5.82 Å². The summed E-state index contributed by atoms with van der Waals surface area (Å²) in [5.74, 6) is 0.246. The molecule has 4 rings (SSSR count). The van der Waals surface area contributed by atoms with Crippen molar-refractivity contribution in [1.29, 1.82) is 0 Å². The number of halogens is 2. The van der Waals surface area contributed by atoms with Crippen molar-refractivity contribution in [2.24, 2.45) is 0 Å². The molecule has 3 heterocycles. The molecule has 1 fully saturated rings. The number of carbonyl (C=O) groups is 1. The van der Waals surface area contributed by atoms with E-state index in [2.05, 4.69) is 20.2 Å². The minimum atomic E-state index is -0.541. The van der Waals surface area contributed by atoms with Crippen molar-refractivity contribution in [3.8, 4) is 0 Å². The zero-order valence-corrected chi connectivity index (χ0v) is 15.5. The molecule has 0 aliphatic carbocycles. The zero-order chi connectivity index (χ0) is 19.0. The number of hydrogen-bond acceptors (Lipinski definition) is 5. The molecular weight excluding hydrogens is 371 g/mol. The lowest BCUT2D eigenvalue weighted by Crippen LogP contribution is -2.30. The minimum Gasteiger partial charge on any atom is -0.442 e.